The van der Waals surface area contributed by atoms with Crippen LogP contribution in [0.2, 0.25) is 0 Å². The number of urea groups is 1. The number of nitrogens with one attached hydrogen (secondary N) is 1. The summed E-state index contributed by atoms with van der Waals surface area (Å²) in [5.41, 5.74) is 1.49. The Morgan fingerprint density at radius 1 is 1.29 bits per heavy atom. The molecule has 4 rings (SSSR count). The highest BCUT2D eigenvalue weighted by molar-refractivity contribution is 5.74. The van der Waals surface area contributed by atoms with E-state index in [1.165, 1.54) is 6.07 Å². The fourth-order valence-corrected chi connectivity index (χ4v) is 3.48. The summed E-state index contributed by atoms with van der Waals surface area (Å²) < 4.78 is 29.6. The summed E-state index contributed by atoms with van der Waals surface area (Å²) in [5, 5.41) is 2.86. The van der Waals surface area contributed by atoms with Crippen molar-refractivity contribution in [2.24, 2.45) is 0 Å². The van der Waals surface area contributed by atoms with E-state index in [2.05, 4.69) is 15.0 Å². The maximum Gasteiger partial charge on any atom is 0.387 e. The minimum atomic E-state index is -2.88. The van der Waals surface area contributed by atoms with Crippen LogP contribution in [0.25, 0.3) is 0 Å². The number of carbonyl (C=O) groups excluding carboxylic acids is 1. The summed E-state index contributed by atoms with van der Waals surface area (Å²) >= 11 is 0. The number of carbonyl (C=O) groups is 1. The molecular weight excluding hydrogens is 316 g/mol. The molecule has 24 heavy (non-hydrogen) atoms. The van der Waals surface area contributed by atoms with Crippen LogP contribution in [0, 0.1) is 6.92 Å². The maximum atomic E-state index is 12.5. The van der Waals surface area contributed by atoms with E-state index in [9.17, 15) is 13.6 Å². The van der Waals surface area contributed by atoms with Crippen molar-refractivity contribution in [3.63, 3.8) is 0 Å². The van der Waals surface area contributed by atoms with Crippen LogP contribution in [0.1, 0.15) is 24.0 Å². The minimum Gasteiger partial charge on any atom is -0.434 e. The topological polar surface area (TPSA) is 44.8 Å². The van der Waals surface area contributed by atoms with E-state index in [1.54, 1.807) is 12.1 Å². The molecule has 0 saturated carbocycles. The van der Waals surface area contributed by atoms with Crippen LogP contribution in [0.5, 0.6) is 5.75 Å². The van der Waals surface area contributed by atoms with Gasteiger partial charge in [-0.3, -0.25) is 0 Å². The minimum absolute atomic E-state index is 0.110. The Balaban J connectivity index is 1.64. The summed E-state index contributed by atoms with van der Waals surface area (Å²) in [6.45, 7) is 2.86. The molecular formula is C17H23F2N3O2. The molecule has 0 aliphatic carbocycles. The molecule has 7 heteroatoms. The van der Waals surface area contributed by atoms with Gasteiger partial charge in [0.15, 0.2) is 0 Å². The first-order chi connectivity index (χ1) is 11.5. The lowest BCUT2D eigenvalue weighted by Crippen LogP contribution is -2.46. The monoisotopic (exact) mass is 339 g/mol. The smallest absolute Gasteiger partial charge is 0.387 e. The normalized spacial score (nSPS) is 23.2. The van der Waals surface area contributed by atoms with E-state index < -0.39 is 6.61 Å². The van der Waals surface area contributed by atoms with Gasteiger partial charge >= 0.3 is 12.6 Å². The molecule has 0 radical (unpaired) electrons. The number of ether oxygens (including phenoxy) is 1. The van der Waals surface area contributed by atoms with Gasteiger partial charge in [-0.25, -0.2) is 4.79 Å². The number of hydrogen-bond acceptors (Lipinski definition) is 3. The fraction of sp³-hybridized carbons (Fsp3) is 0.588. The van der Waals surface area contributed by atoms with Crippen LogP contribution in [-0.4, -0.2) is 54.7 Å². The third-order valence-electron chi connectivity index (χ3n) is 4.78. The third kappa shape index (κ3) is 3.95. The van der Waals surface area contributed by atoms with Crippen molar-refractivity contribution in [1.29, 1.82) is 0 Å². The average Bonchev–Trinajstić information content (AvgIpc) is 2.88. The van der Waals surface area contributed by atoms with Gasteiger partial charge in [-0.15, -0.1) is 0 Å². The van der Waals surface area contributed by atoms with Crippen LogP contribution >= 0.6 is 0 Å². The van der Waals surface area contributed by atoms with Gasteiger partial charge in [-0.1, -0.05) is 17.7 Å². The number of piperidine rings is 1. The molecule has 0 aromatic heterocycles. The van der Waals surface area contributed by atoms with Gasteiger partial charge in [-0.2, -0.15) is 8.78 Å². The van der Waals surface area contributed by atoms with Gasteiger partial charge in [0.25, 0.3) is 0 Å². The molecule has 3 fully saturated rings. The number of amides is 2. The fourth-order valence-electron chi connectivity index (χ4n) is 3.48. The molecule has 3 aliphatic rings. The predicted molar refractivity (Wildman–Crippen MR) is 86.2 cm³/mol. The Hall–Kier alpha value is -1.89. The van der Waals surface area contributed by atoms with Crippen LogP contribution < -0.4 is 10.1 Å². The number of hydrogen-bond donors (Lipinski definition) is 1. The van der Waals surface area contributed by atoms with E-state index in [0.29, 0.717) is 12.1 Å². The zero-order chi connectivity index (χ0) is 17.1. The highest BCUT2D eigenvalue weighted by Gasteiger charge is 2.31. The van der Waals surface area contributed by atoms with Crippen molar-refractivity contribution in [1.82, 2.24) is 15.1 Å². The quantitative estimate of drug-likeness (QED) is 0.917. The number of halogens is 2. The van der Waals surface area contributed by atoms with E-state index in [0.717, 1.165) is 38.0 Å². The number of alkyl halides is 2. The van der Waals surface area contributed by atoms with Crippen molar-refractivity contribution in [3.8, 4) is 5.75 Å². The first-order valence-corrected chi connectivity index (χ1v) is 8.34. The lowest BCUT2D eigenvalue weighted by atomic mass is 10.1. The highest BCUT2D eigenvalue weighted by atomic mass is 19.3. The summed E-state index contributed by atoms with van der Waals surface area (Å²) in [4.78, 5) is 16.8. The molecule has 1 aromatic rings. The molecule has 3 heterocycles. The van der Waals surface area contributed by atoms with Crippen LogP contribution in [0.4, 0.5) is 13.6 Å². The van der Waals surface area contributed by atoms with Crippen molar-refractivity contribution >= 4 is 6.03 Å². The number of rotatable bonds is 4. The predicted octanol–water partition coefficient (Wildman–Crippen LogP) is 2.59. The number of fused-ring (bicyclic) bond motifs is 4. The van der Waals surface area contributed by atoms with Crippen LogP contribution in [-0.2, 0) is 6.54 Å². The van der Waals surface area contributed by atoms with Crippen LogP contribution in [0.3, 0.4) is 0 Å². The lowest BCUT2D eigenvalue weighted by molar-refractivity contribution is -0.0504. The van der Waals surface area contributed by atoms with E-state index >= 15 is 0 Å². The number of benzene rings is 1. The Kier molecular flexibility index (Phi) is 5.18. The second-order valence-electron chi connectivity index (χ2n) is 6.41. The molecule has 3 aliphatic heterocycles. The molecule has 5 nitrogen and oxygen atoms in total. The Bertz CT molecular complexity index is 589. The first kappa shape index (κ1) is 17.0. The van der Waals surface area contributed by atoms with Crippen molar-refractivity contribution < 1.29 is 18.3 Å². The molecule has 2 amide bonds. The van der Waals surface area contributed by atoms with Crippen molar-refractivity contribution in [2.75, 3.05) is 26.2 Å². The first-order valence-electron chi connectivity index (χ1n) is 8.34. The summed E-state index contributed by atoms with van der Waals surface area (Å²) in [5.74, 6) is 0.110. The van der Waals surface area contributed by atoms with E-state index in [-0.39, 0.29) is 24.4 Å². The SMILES string of the molecule is Cc1ccc(OC(F)F)c(CNC(=O)N2CCN3CCC2CC3)c1. The molecule has 0 atom stereocenters. The Morgan fingerprint density at radius 3 is 2.75 bits per heavy atom. The Morgan fingerprint density at radius 2 is 2.04 bits per heavy atom. The standard InChI is InChI=1S/C17H23F2N3O2/c1-12-2-3-15(24-16(18)19)13(10-12)11-20-17(23)22-9-8-21-6-4-14(22)5-7-21/h2-3,10,14,16H,4-9,11H2,1H3,(H,20,23). The van der Waals surface area contributed by atoms with Gasteiger partial charge in [0.1, 0.15) is 5.75 Å². The molecule has 0 unspecified atom stereocenters. The lowest BCUT2D eigenvalue weighted by Gasteiger charge is -2.31. The van der Waals surface area contributed by atoms with Gasteiger partial charge in [0, 0.05) is 44.3 Å². The molecule has 0 spiro atoms. The zero-order valence-corrected chi connectivity index (χ0v) is 13.8. The van der Waals surface area contributed by atoms with Gasteiger partial charge in [0.2, 0.25) is 0 Å². The van der Waals surface area contributed by atoms with Gasteiger partial charge < -0.3 is 19.9 Å². The summed E-state index contributed by atoms with van der Waals surface area (Å²) in [6.07, 6.45) is 2.00. The molecule has 2 bridgehead atoms. The number of aryl methyl sites for hydroxylation is 1. The molecule has 3 saturated heterocycles. The van der Waals surface area contributed by atoms with E-state index in [4.69, 9.17) is 0 Å². The van der Waals surface area contributed by atoms with E-state index in [1.807, 2.05) is 11.8 Å². The van der Waals surface area contributed by atoms with Gasteiger partial charge in [-0.05, 0) is 25.8 Å². The largest absolute Gasteiger partial charge is 0.434 e. The van der Waals surface area contributed by atoms with Gasteiger partial charge in [0.05, 0.1) is 0 Å². The maximum absolute atomic E-state index is 12.5. The molecule has 1 aromatic carbocycles. The van der Waals surface area contributed by atoms with Crippen LogP contribution in [0.15, 0.2) is 18.2 Å². The molecule has 132 valence electrons. The highest BCUT2D eigenvalue weighted by Crippen LogP contribution is 2.23. The second kappa shape index (κ2) is 7.34. The van der Waals surface area contributed by atoms with Crippen molar-refractivity contribution in [3.05, 3.63) is 29.3 Å². The second-order valence-corrected chi connectivity index (χ2v) is 6.41. The Labute approximate surface area is 140 Å². The summed E-state index contributed by atoms with van der Waals surface area (Å²) in [7, 11) is 0. The summed E-state index contributed by atoms with van der Waals surface area (Å²) in [6, 6.07) is 5.14. The molecule has 1 N–H and O–H groups in total. The zero-order valence-electron chi connectivity index (χ0n) is 13.8. The van der Waals surface area contributed by atoms with Crippen molar-refractivity contribution in [2.45, 2.75) is 39.0 Å². The number of nitrogens with zero attached hydrogens (tertiary/aromatic N) is 2. The third-order valence-corrected chi connectivity index (χ3v) is 4.78. The average molecular weight is 339 g/mol.